The number of H-pyrrole nitrogens is 2. The first kappa shape index (κ1) is 27.6. The first-order valence-electron chi connectivity index (χ1n) is 11.1. The second kappa shape index (κ2) is 11.1. The van der Waals surface area contributed by atoms with Crippen molar-refractivity contribution in [1.82, 2.24) is 20.3 Å². The number of hydrogen-bond donors (Lipinski definition) is 5. The molecule has 0 saturated carbocycles. The molecule has 3 aromatic carbocycles. The van der Waals surface area contributed by atoms with Crippen LogP contribution >= 0.6 is 11.8 Å². The Hall–Kier alpha value is -4.43. The van der Waals surface area contributed by atoms with Crippen molar-refractivity contribution < 1.29 is 37.4 Å². The summed E-state index contributed by atoms with van der Waals surface area (Å²) in [6.45, 7) is 0.0799. The van der Waals surface area contributed by atoms with E-state index in [1.54, 1.807) is 30.5 Å². The summed E-state index contributed by atoms with van der Waals surface area (Å²) < 4.78 is 45.7. The second-order valence-corrected chi connectivity index (χ2v) is 9.02. The normalized spacial score (nSPS) is 11.4. The summed E-state index contributed by atoms with van der Waals surface area (Å²) in [4.78, 5) is 44.9. The summed E-state index contributed by atoms with van der Waals surface area (Å²) in [7, 11) is 0. The number of carbonyl (C=O) groups is 2. The minimum Gasteiger partial charge on any atom is -0.475 e. The average Bonchev–Trinajstić information content (AvgIpc) is 3.31. The van der Waals surface area contributed by atoms with Crippen LogP contribution in [0.15, 0.2) is 69.6 Å². The predicted molar refractivity (Wildman–Crippen MR) is 135 cm³/mol. The number of aromatic nitrogens is 3. The van der Waals surface area contributed by atoms with E-state index in [4.69, 9.17) is 20.0 Å². The number of carboxylic acids is 1. The topological polar surface area (TPSA) is 148 Å². The summed E-state index contributed by atoms with van der Waals surface area (Å²) in [6, 6.07) is 13.1. The minimum absolute atomic E-state index is 0.117. The zero-order valence-electron chi connectivity index (χ0n) is 19.6. The highest BCUT2D eigenvalue weighted by Gasteiger charge is 2.38. The number of aliphatic hydroxyl groups is 1. The second-order valence-electron chi connectivity index (χ2n) is 7.96. The molecule has 0 bridgehead atoms. The standard InChI is InChI=1S/C23H17FN4O3S.C2HF3O2/c24-13-3-6-15-17(11-13)18-16(7-8-25-22(18)31)20-19(15)27-23(28-20)32-14-4-1-12(2-5-14)21(30)26-9-10-29;3-2(4,5)1(6)7/h1-8,11,29H,9-10H2,(H,25,31)(H,26,30)(H,27,28);(H,6,7). The summed E-state index contributed by atoms with van der Waals surface area (Å²) in [5.41, 5.74) is 1.55. The number of aromatic amines is 2. The smallest absolute Gasteiger partial charge is 0.475 e. The monoisotopic (exact) mass is 562 g/mol. The molecule has 202 valence electrons. The van der Waals surface area contributed by atoms with Gasteiger partial charge in [0.2, 0.25) is 0 Å². The molecular weight excluding hydrogens is 544 g/mol. The van der Waals surface area contributed by atoms with Gasteiger partial charge in [-0.15, -0.1) is 0 Å². The molecule has 5 aromatic rings. The Kier molecular flexibility index (Phi) is 7.88. The number of imidazole rings is 1. The number of halogens is 4. The van der Waals surface area contributed by atoms with E-state index < -0.39 is 18.0 Å². The fourth-order valence-corrected chi connectivity index (χ4v) is 4.52. The van der Waals surface area contributed by atoms with Crippen molar-refractivity contribution in [2.75, 3.05) is 13.2 Å². The predicted octanol–water partition coefficient (Wildman–Crippen LogP) is 4.20. The molecule has 14 heteroatoms. The van der Waals surface area contributed by atoms with Crippen molar-refractivity contribution in [2.24, 2.45) is 0 Å². The number of rotatable bonds is 5. The van der Waals surface area contributed by atoms with Crippen LogP contribution in [0.4, 0.5) is 17.6 Å². The molecule has 0 aliphatic carbocycles. The van der Waals surface area contributed by atoms with Crippen LogP contribution in [0.1, 0.15) is 10.4 Å². The lowest BCUT2D eigenvalue weighted by Crippen LogP contribution is -2.26. The van der Waals surface area contributed by atoms with E-state index in [1.165, 1.54) is 23.9 Å². The van der Waals surface area contributed by atoms with Gasteiger partial charge in [0, 0.05) is 39.4 Å². The molecule has 1 amide bonds. The molecule has 0 aliphatic rings. The Labute approximate surface area is 219 Å². The number of carboxylic acid groups (broad SMARTS) is 1. The van der Waals surface area contributed by atoms with E-state index in [9.17, 15) is 27.2 Å². The number of nitrogens with one attached hydrogen (secondary N) is 3. The maximum absolute atomic E-state index is 14.0. The Bertz CT molecular complexity index is 1750. The van der Waals surface area contributed by atoms with Gasteiger partial charge in [-0.05, 0) is 48.5 Å². The van der Waals surface area contributed by atoms with Crippen LogP contribution in [0.25, 0.3) is 32.6 Å². The van der Waals surface area contributed by atoms with E-state index in [2.05, 4.69) is 15.3 Å². The number of amides is 1. The Morgan fingerprint density at radius 2 is 1.72 bits per heavy atom. The van der Waals surface area contributed by atoms with Crippen LogP contribution < -0.4 is 10.9 Å². The van der Waals surface area contributed by atoms with E-state index >= 15 is 0 Å². The van der Waals surface area contributed by atoms with Crippen molar-refractivity contribution in [3.05, 3.63) is 76.5 Å². The number of aliphatic carboxylic acids is 1. The number of benzene rings is 3. The molecule has 2 aromatic heterocycles. The lowest BCUT2D eigenvalue weighted by Gasteiger charge is -2.05. The number of hydrogen-bond acceptors (Lipinski definition) is 6. The van der Waals surface area contributed by atoms with Gasteiger partial charge < -0.3 is 25.5 Å². The third-order valence-electron chi connectivity index (χ3n) is 5.39. The lowest BCUT2D eigenvalue weighted by atomic mass is 10.0. The molecular formula is C25H18F4N4O5S. The van der Waals surface area contributed by atoms with Crippen LogP contribution in [0.5, 0.6) is 0 Å². The number of nitrogens with zero attached hydrogens (tertiary/aromatic N) is 1. The largest absolute Gasteiger partial charge is 0.490 e. The van der Waals surface area contributed by atoms with Gasteiger partial charge >= 0.3 is 12.1 Å². The zero-order chi connectivity index (χ0) is 28.3. The lowest BCUT2D eigenvalue weighted by molar-refractivity contribution is -0.192. The number of aliphatic hydroxyl groups excluding tert-OH is 1. The number of carbonyl (C=O) groups excluding carboxylic acids is 1. The van der Waals surface area contributed by atoms with Crippen molar-refractivity contribution in [1.29, 1.82) is 0 Å². The summed E-state index contributed by atoms with van der Waals surface area (Å²) in [5.74, 6) is -3.43. The number of fused-ring (bicyclic) bond motifs is 6. The molecule has 0 unspecified atom stereocenters. The van der Waals surface area contributed by atoms with E-state index in [1.807, 2.05) is 12.1 Å². The van der Waals surface area contributed by atoms with Gasteiger partial charge in [0.05, 0.1) is 23.0 Å². The van der Waals surface area contributed by atoms with Crippen LogP contribution in [0.2, 0.25) is 0 Å². The van der Waals surface area contributed by atoms with Crippen molar-refractivity contribution in [3.8, 4) is 0 Å². The number of alkyl halides is 3. The van der Waals surface area contributed by atoms with Gasteiger partial charge in [-0.25, -0.2) is 14.2 Å². The van der Waals surface area contributed by atoms with Crippen LogP contribution in [-0.2, 0) is 4.79 Å². The fourth-order valence-electron chi connectivity index (χ4n) is 3.73. The Morgan fingerprint density at radius 1 is 1.03 bits per heavy atom. The van der Waals surface area contributed by atoms with E-state index in [0.717, 1.165) is 10.4 Å². The van der Waals surface area contributed by atoms with Crippen molar-refractivity contribution in [3.63, 3.8) is 0 Å². The molecule has 0 fully saturated rings. The molecule has 0 spiro atoms. The minimum atomic E-state index is -5.08. The molecule has 0 atom stereocenters. The molecule has 5 N–H and O–H groups in total. The Balaban J connectivity index is 0.000000448. The van der Waals surface area contributed by atoms with Crippen molar-refractivity contribution >= 4 is 56.2 Å². The van der Waals surface area contributed by atoms with Gasteiger partial charge in [-0.2, -0.15) is 13.2 Å². The average molecular weight is 563 g/mol. The highest BCUT2D eigenvalue weighted by Crippen LogP contribution is 2.35. The SMILES string of the molecule is O=C(NCCO)c1ccc(Sc2nc3c4cc[nH]c(=O)c4c4cc(F)ccc4c3[nH]2)cc1.O=C(O)C(F)(F)F. The first-order valence-corrected chi connectivity index (χ1v) is 11.9. The highest BCUT2D eigenvalue weighted by atomic mass is 32.2. The first-order chi connectivity index (χ1) is 18.5. The van der Waals surface area contributed by atoms with Gasteiger partial charge in [-0.1, -0.05) is 11.8 Å². The van der Waals surface area contributed by atoms with Gasteiger partial charge in [-0.3, -0.25) is 9.59 Å². The molecule has 39 heavy (non-hydrogen) atoms. The van der Waals surface area contributed by atoms with E-state index in [-0.39, 0.29) is 24.6 Å². The molecule has 0 radical (unpaired) electrons. The third-order valence-corrected chi connectivity index (χ3v) is 6.28. The third kappa shape index (κ3) is 6.02. The van der Waals surface area contributed by atoms with Crippen molar-refractivity contribution in [2.45, 2.75) is 16.2 Å². The number of pyridine rings is 1. The quantitative estimate of drug-likeness (QED) is 0.159. The van der Waals surface area contributed by atoms with Crippen LogP contribution in [0.3, 0.4) is 0 Å². The molecule has 5 rings (SSSR count). The maximum atomic E-state index is 14.0. The maximum Gasteiger partial charge on any atom is 0.490 e. The Morgan fingerprint density at radius 3 is 2.36 bits per heavy atom. The summed E-state index contributed by atoms with van der Waals surface area (Å²) in [6.07, 6.45) is -3.53. The van der Waals surface area contributed by atoms with Crippen LogP contribution in [0, 0.1) is 5.82 Å². The summed E-state index contributed by atoms with van der Waals surface area (Å²) >= 11 is 1.38. The van der Waals surface area contributed by atoms with Gasteiger partial charge in [0.1, 0.15) is 5.82 Å². The van der Waals surface area contributed by atoms with Crippen LogP contribution in [-0.4, -0.2) is 56.4 Å². The molecule has 2 heterocycles. The summed E-state index contributed by atoms with van der Waals surface area (Å²) in [5, 5.41) is 21.4. The molecule has 0 saturated heterocycles. The molecule has 0 aliphatic heterocycles. The fraction of sp³-hybridized carbons (Fsp3) is 0.120. The van der Waals surface area contributed by atoms with Gasteiger partial charge in [0.15, 0.2) is 5.16 Å². The van der Waals surface area contributed by atoms with Gasteiger partial charge in [0.25, 0.3) is 11.5 Å². The highest BCUT2D eigenvalue weighted by molar-refractivity contribution is 7.99. The molecule has 9 nitrogen and oxygen atoms in total. The zero-order valence-corrected chi connectivity index (χ0v) is 20.4. The van der Waals surface area contributed by atoms with E-state index in [0.29, 0.717) is 37.8 Å².